The average Bonchev–Trinajstić information content (AvgIpc) is 3.09. The minimum Gasteiger partial charge on any atom is -0.497 e. The van der Waals surface area contributed by atoms with Gasteiger partial charge < -0.3 is 10.1 Å². The monoisotopic (exact) mass is 473 g/mol. The Hall–Kier alpha value is -2.19. The van der Waals surface area contributed by atoms with Gasteiger partial charge in [0.05, 0.1) is 12.5 Å². The van der Waals surface area contributed by atoms with Crippen LogP contribution in [0.5, 0.6) is 5.75 Å². The van der Waals surface area contributed by atoms with Crippen molar-refractivity contribution >= 4 is 55.6 Å². The van der Waals surface area contributed by atoms with E-state index in [4.69, 9.17) is 4.74 Å². The number of hydrogen-bond acceptors (Lipinski definition) is 5. The van der Waals surface area contributed by atoms with Gasteiger partial charge in [0, 0.05) is 20.2 Å². The Morgan fingerprint density at radius 2 is 1.88 bits per heavy atom. The summed E-state index contributed by atoms with van der Waals surface area (Å²) in [6.45, 7) is 2.10. The predicted octanol–water partition coefficient (Wildman–Crippen LogP) is 6.02. The molecule has 0 aliphatic rings. The third kappa shape index (κ3) is 3.26. The van der Waals surface area contributed by atoms with Crippen molar-refractivity contribution in [1.29, 1.82) is 0 Å². The highest BCUT2D eigenvalue weighted by molar-refractivity contribution is 14.1. The number of hydrogen-bond donors (Lipinski definition) is 1. The molecule has 4 rings (SSSR count). The largest absolute Gasteiger partial charge is 0.497 e. The van der Waals surface area contributed by atoms with Gasteiger partial charge in [-0.25, -0.2) is 9.97 Å². The van der Waals surface area contributed by atoms with E-state index in [1.165, 1.54) is 9.13 Å². The first-order chi connectivity index (χ1) is 12.7. The van der Waals surface area contributed by atoms with Crippen molar-refractivity contribution in [2.45, 2.75) is 6.92 Å². The Bertz CT molecular complexity index is 1080. The van der Waals surface area contributed by atoms with Crippen molar-refractivity contribution in [3.8, 4) is 16.9 Å². The highest BCUT2D eigenvalue weighted by Gasteiger charge is 2.14. The van der Waals surface area contributed by atoms with Crippen molar-refractivity contribution < 1.29 is 4.74 Å². The number of aryl methyl sites for hydroxylation is 1. The summed E-state index contributed by atoms with van der Waals surface area (Å²) >= 11 is 3.95. The van der Waals surface area contributed by atoms with Gasteiger partial charge in [-0.15, -0.1) is 11.3 Å². The molecule has 0 spiro atoms. The zero-order chi connectivity index (χ0) is 18.1. The Balaban J connectivity index is 1.81. The number of thiophene rings is 1. The number of nitrogens with zero attached hydrogens (tertiary/aromatic N) is 2. The van der Waals surface area contributed by atoms with Crippen LogP contribution in [0.25, 0.3) is 21.3 Å². The molecule has 0 saturated carbocycles. The second-order valence-corrected chi connectivity index (χ2v) is 7.97. The molecule has 6 heteroatoms. The summed E-state index contributed by atoms with van der Waals surface area (Å²) in [5, 5.41) is 6.66. The number of methoxy groups -OCH3 is 1. The van der Waals surface area contributed by atoms with E-state index in [9.17, 15) is 0 Å². The van der Waals surface area contributed by atoms with Crippen molar-refractivity contribution in [2.24, 2.45) is 0 Å². The van der Waals surface area contributed by atoms with Crippen molar-refractivity contribution in [2.75, 3.05) is 12.4 Å². The fraction of sp³-hybridized carbons (Fsp3) is 0.100. The van der Waals surface area contributed by atoms with Crippen LogP contribution in [-0.2, 0) is 0 Å². The maximum Gasteiger partial charge on any atom is 0.143 e. The molecule has 0 fully saturated rings. The van der Waals surface area contributed by atoms with Crippen LogP contribution in [0.2, 0.25) is 0 Å². The van der Waals surface area contributed by atoms with E-state index in [0.29, 0.717) is 0 Å². The third-order valence-corrected chi connectivity index (χ3v) is 5.77. The molecule has 0 aliphatic heterocycles. The van der Waals surface area contributed by atoms with E-state index in [0.717, 1.165) is 38.6 Å². The maximum atomic E-state index is 5.26. The molecule has 4 nitrogen and oxygen atoms in total. The van der Waals surface area contributed by atoms with Crippen LogP contribution in [-0.4, -0.2) is 17.1 Å². The molecule has 26 heavy (non-hydrogen) atoms. The van der Waals surface area contributed by atoms with Crippen LogP contribution in [0, 0.1) is 10.5 Å². The Morgan fingerprint density at radius 3 is 2.62 bits per heavy atom. The molecule has 2 aromatic heterocycles. The summed E-state index contributed by atoms with van der Waals surface area (Å²) in [5.74, 6) is 1.67. The summed E-state index contributed by atoms with van der Waals surface area (Å²) in [6, 6.07) is 14.4. The topological polar surface area (TPSA) is 47.0 Å². The lowest BCUT2D eigenvalue weighted by Crippen LogP contribution is -1.97. The van der Waals surface area contributed by atoms with Crippen molar-refractivity contribution in [3.05, 3.63) is 63.3 Å². The molecule has 0 unspecified atom stereocenters. The first-order valence-electron chi connectivity index (χ1n) is 8.05. The maximum absolute atomic E-state index is 5.26. The summed E-state index contributed by atoms with van der Waals surface area (Å²) in [6.07, 6.45) is 1.61. The van der Waals surface area contributed by atoms with Crippen molar-refractivity contribution in [3.63, 3.8) is 0 Å². The van der Waals surface area contributed by atoms with Gasteiger partial charge >= 0.3 is 0 Å². The zero-order valence-electron chi connectivity index (χ0n) is 14.3. The molecule has 0 radical (unpaired) electrons. The number of fused-ring (bicyclic) bond motifs is 1. The minimum absolute atomic E-state index is 0.825. The fourth-order valence-electron chi connectivity index (χ4n) is 2.85. The number of anilines is 2. The standard InChI is InChI=1S/C20H16IN3OS/c1-12-9-14(21)5-8-17(12)24-19-18-16(10-26-20(18)23-11-22-19)13-3-6-15(25-2)7-4-13/h3-11H,1-2H3,(H,22,23,24). The molecular formula is C20H16IN3OS. The molecule has 130 valence electrons. The van der Waals surface area contributed by atoms with Gasteiger partial charge in [-0.1, -0.05) is 12.1 Å². The van der Waals surface area contributed by atoms with Crippen LogP contribution in [0.1, 0.15) is 5.56 Å². The first kappa shape index (κ1) is 17.2. The van der Waals surface area contributed by atoms with Gasteiger partial charge in [-0.3, -0.25) is 0 Å². The molecule has 2 aromatic carbocycles. The minimum atomic E-state index is 0.825. The SMILES string of the molecule is COc1ccc(-c2csc3ncnc(Nc4ccc(I)cc4C)c23)cc1. The molecule has 0 saturated heterocycles. The number of nitrogens with one attached hydrogen (secondary N) is 1. The van der Waals surface area contributed by atoms with Crippen LogP contribution < -0.4 is 10.1 Å². The second-order valence-electron chi connectivity index (χ2n) is 5.86. The van der Waals surface area contributed by atoms with Gasteiger partial charge in [-0.2, -0.15) is 0 Å². The van der Waals surface area contributed by atoms with Crippen LogP contribution in [0.15, 0.2) is 54.2 Å². The van der Waals surface area contributed by atoms with E-state index < -0.39 is 0 Å². The summed E-state index contributed by atoms with van der Waals surface area (Å²) in [4.78, 5) is 9.93. The summed E-state index contributed by atoms with van der Waals surface area (Å²) < 4.78 is 6.48. The molecule has 0 bridgehead atoms. The molecule has 0 aliphatic carbocycles. The number of benzene rings is 2. The molecular weight excluding hydrogens is 457 g/mol. The fourth-order valence-corrected chi connectivity index (χ4v) is 4.41. The second kappa shape index (κ2) is 7.20. The highest BCUT2D eigenvalue weighted by Crippen LogP contribution is 2.38. The highest BCUT2D eigenvalue weighted by atomic mass is 127. The lowest BCUT2D eigenvalue weighted by Gasteiger charge is -2.11. The normalized spacial score (nSPS) is 10.9. The molecule has 1 N–H and O–H groups in total. The van der Waals surface area contributed by atoms with E-state index in [1.807, 2.05) is 12.1 Å². The van der Waals surface area contributed by atoms with Gasteiger partial charge in [0.25, 0.3) is 0 Å². The average molecular weight is 473 g/mol. The smallest absolute Gasteiger partial charge is 0.143 e. The van der Waals surface area contributed by atoms with Gasteiger partial charge in [-0.05, 0) is 71.0 Å². The predicted molar refractivity (Wildman–Crippen MR) is 117 cm³/mol. The number of rotatable bonds is 4. The number of halogens is 1. The molecule has 4 aromatic rings. The van der Waals surface area contributed by atoms with E-state index in [-0.39, 0.29) is 0 Å². The Kier molecular flexibility index (Phi) is 4.78. The Labute approximate surface area is 169 Å². The quantitative estimate of drug-likeness (QED) is 0.368. The molecule has 2 heterocycles. The van der Waals surface area contributed by atoms with E-state index in [2.05, 4.69) is 80.5 Å². The van der Waals surface area contributed by atoms with E-state index in [1.54, 1.807) is 24.8 Å². The summed E-state index contributed by atoms with van der Waals surface area (Å²) in [7, 11) is 1.67. The van der Waals surface area contributed by atoms with Crippen LogP contribution >= 0.6 is 33.9 Å². The molecule has 0 amide bonds. The van der Waals surface area contributed by atoms with Gasteiger partial charge in [0.15, 0.2) is 0 Å². The first-order valence-corrected chi connectivity index (χ1v) is 10.0. The third-order valence-electron chi connectivity index (χ3n) is 4.21. The Morgan fingerprint density at radius 1 is 1.08 bits per heavy atom. The lowest BCUT2D eigenvalue weighted by atomic mass is 10.1. The summed E-state index contributed by atoms with van der Waals surface area (Å²) in [5.41, 5.74) is 4.48. The van der Waals surface area contributed by atoms with E-state index >= 15 is 0 Å². The van der Waals surface area contributed by atoms with Crippen LogP contribution in [0.3, 0.4) is 0 Å². The molecule has 0 atom stereocenters. The number of aromatic nitrogens is 2. The lowest BCUT2D eigenvalue weighted by molar-refractivity contribution is 0.415. The zero-order valence-corrected chi connectivity index (χ0v) is 17.3. The van der Waals surface area contributed by atoms with Gasteiger partial charge in [0.2, 0.25) is 0 Å². The number of ether oxygens (including phenoxy) is 1. The van der Waals surface area contributed by atoms with Crippen molar-refractivity contribution in [1.82, 2.24) is 9.97 Å². The van der Waals surface area contributed by atoms with Gasteiger partial charge in [0.1, 0.15) is 22.7 Å². The van der Waals surface area contributed by atoms with Crippen LogP contribution in [0.4, 0.5) is 11.5 Å².